The number of benzene rings is 2. The number of nitrogens with one attached hydrogen (secondary N) is 1. The van der Waals surface area contributed by atoms with Crippen molar-refractivity contribution in [2.75, 3.05) is 11.1 Å². The lowest BCUT2D eigenvalue weighted by Crippen LogP contribution is -2.22. The molecule has 0 spiro atoms. The van der Waals surface area contributed by atoms with E-state index in [1.807, 2.05) is 42.8 Å². The molecule has 1 aliphatic rings. The average Bonchev–Trinajstić information content (AvgIpc) is 3.62. The third-order valence-corrected chi connectivity index (χ3v) is 10.00. The van der Waals surface area contributed by atoms with Crippen LogP contribution in [0.1, 0.15) is 35.8 Å². The van der Waals surface area contributed by atoms with Gasteiger partial charge in [0.1, 0.15) is 6.33 Å². The minimum Gasteiger partial charge on any atom is -0.325 e. The van der Waals surface area contributed by atoms with Crippen molar-refractivity contribution in [3.63, 3.8) is 0 Å². The second kappa shape index (κ2) is 10.5. The fraction of sp³-hybridized carbons (Fsp3) is 0.296. The molecule has 0 saturated carbocycles. The number of hydrogen-bond donors (Lipinski definition) is 1. The number of thioether (sulfide) groups is 2. The molecule has 1 N–H and O–H groups in total. The Balaban J connectivity index is 1.14. The Hall–Kier alpha value is -3.15. The quantitative estimate of drug-likeness (QED) is 0.250. The predicted molar refractivity (Wildman–Crippen MR) is 155 cm³/mol. The molecule has 0 fully saturated rings. The molecule has 38 heavy (non-hydrogen) atoms. The van der Waals surface area contributed by atoms with E-state index in [0.717, 1.165) is 45.0 Å². The Morgan fingerprint density at radius 2 is 2.00 bits per heavy atom. The minimum atomic E-state index is -0.331. The number of carbonyl (C=O) groups is 2. The van der Waals surface area contributed by atoms with E-state index < -0.39 is 0 Å². The van der Waals surface area contributed by atoms with Crippen LogP contribution >= 0.6 is 34.9 Å². The van der Waals surface area contributed by atoms with Gasteiger partial charge in [0.2, 0.25) is 11.8 Å². The van der Waals surface area contributed by atoms with Crippen molar-refractivity contribution in [2.24, 2.45) is 7.05 Å². The molecule has 0 radical (unpaired) electrons. The maximum absolute atomic E-state index is 13.4. The molecule has 1 atom stereocenters. The highest BCUT2D eigenvalue weighted by Crippen LogP contribution is 2.35. The molecule has 0 aliphatic heterocycles. The molecule has 3 heterocycles. The van der Waals surface area contributed by atoms with Crippen LogP contribution in [0.4, 0.5) is 5.69 Å². The Bertz CT molecular complexity index is 1670. The standard InChI is InChI=1S/C27H26N6O2S3/c1-16(37-26-31-28-15-32(26)2)25(35)29-17-11-12-20-23(13-17)38-27(30-20)36-14-24(34)33-21-9-5-3-7-18(21)19-8-4-6-10-22(19)33/h3,5,7,9,11-13,15-16H,4,6,8,10,14H2,1-2H3,(H,29,35)/t16-/m1/s1. The van der Waals surface area contributed by atoms with Crippen LogP contribution in [0.3, 0.4) is 0 Å². The lowest BCUT2D eigenvalue weighted by molar-refractivity contribution is -0.115. The number of amides is 1. The molecule has 0 unspecified atom stereocenters. The van der Waals surface area contributed by atoms with Gasteiger partial charge in [0.05, 0.1) is 26.7 Å². The predicted octanol–water partition coefficient (Wildman–Crippen LogP) is 5.81. The van der Waals surface area contributed by atoms with Crippen LogP contribution in [0.2, 0.25) is 0 Å². The summed E-state index contributed by atoms with van der Waals surface area (Å²) < 4.78 is 5.54. The zero-order valence-electron chi connectivity index (χ0n) is 21.0. The maximum Gasteiger partial charge on any atom is 0.241 e. The van der Waals surface area contributed by atoms with Gasteiger partial charge >= 0.3 is 0 Å². The van der Waals surface area contributed by atoms with E-state index in [1.54, 1.807) is 10.9 Å². The Morgan fingerprint density at radius 1 is 1.16 bits per heavy atom. The first kappa shape index (κ1) is 25.1. The first-order chi connectivity index (χ1) is 18.5. The molecule has 194 valence electrons. The minimum absolute atomic E-state index is 0.0935. The molecule has 1 aliphatic carbocycles. The van der Waals surface area contributed by atoms with Gasteiger partial charge in [0.25, 0.3) is 0 Å². The molecule has 0 saturated heterocycles. The third-order valence-electron chi connectivity index (χ3n) is 6.70. The number of nitrogens with zero attached hydrogens (tertiary/aromatic N) is 5. The molecule has 3 aromatic heterocycles. The second-order valence-corrected chi connectivity index (χ2v) is 12.9. The van der Waals surface area contributed by atoms with Gasteiger partial charge in [-0.15, -0.1) is 21.5 Å². The summed E-state index contributed by atoms with van der Waals surface area (Å²) in [5.41, 5.74) is 5.10. The molecule has 11 heteroatoms. The van der Waals surface area contributed by atoms with E-state index in [-0.39, 0.29) is 17.1 Å². The second-order valence-electron chi connectivity index (χ2n) is 9.30. The molecular formula is C27H26N6O2S3. The first-order valence-electron chi connectivity index (χ1n) is 12.5. The van der Waals surface area contributed by atoms with Crippen molar-refractivity contribution in [3.05, 3.63) is 60.0 Å². The van der Waals surface area contributed by atoms with Gasteiger partial charge < -0.3 is 9.88 Å². The Morgan fingerprint density at radius 3 is 2.84 bits per heavy atom. The van der Waals surface area contributed by atoms with Crippen molar-refractivity contribution < 1.29 is 9.59 Å². The van der Waals surface area contributed by atoms with Gasteiger partial charge in [0, 0.05) is 23.8 Å². The summed E-state index contributed by atoms with van der Waals surface area (Å²) in [4.78, 5) is 30.9. The van der Waals surface area contributed by atoms with Crippen LogP contribution in [0.5, 0.6) is 0 Å². The fourth-order valence-electron chi connectivity index (χ4n) is 4.85. The van der Waals surface area contributed by atoms with Crippen molar-refractivity contribution >= 4 is 73.5 Å². The van der Waals surface area contributed by atoms with Crippen LogP contribution in [0, 0.1) is 0 Å². The van der Waals surface area contributed by atoms with Gasteiger partial charge in [-0.25, -0.2) is 4.98 Å². The Kier molecular flexibility index (Phi) is 6.98. The lowest BCUT2D eigenvalue weighted by atomic mass is 9.96. The zero-order valence-corrected chi connectivity index (χ0v) is 23.5. The van der Waals surface area contributed by atoms with Gasteiger partial charge in [-0.2, -0.15) is 0 Å². The van der Waals surface area contributed by atoms with Gasteiger partial charge in [-0.3, -0.25) is 14.2 Å². The number of fused-ring (bicyclic) bond motifs is 4. The van der Waals surface area contributed by atoms with Crippen LogP contribution in [0.15, 0.2) is 58.3 Å². The summed E-state index contributed by atoms with van der Waals surface area (Å²) in [6.45, 7) is 1.84. The Labute approximate surface area is 232 Å². The van der Waals surface area contributed by atoms with E-state index in [1.165, 1.54) is 57.9 Å². The number of hydrogen-bond acceptors (Lipinski definition) is 8. The van der Waals surface area contributed by atoms with E-state index in [2.05, 4.69) is 33.7 Å². The summed E-state index contributed by atoms with van der Waals surface area (Å²) in [7, 11) is 1.85. The van der Waals surface area contributed by atoms with Crippen LogP contribution in [0.25, 0.3) is 21.1 Å². The largest absolute Gasteiger partial charge is 0.325 e. The van der Waals surface area contributed by atoms with Gasteiger partial charge in [-0.05, 0) is 62.4 Å². The van der Waals surface area contributed by atoms with Crippen molar-refractivity contribution in [2.45, 2.75) is 47.4 Å². The molecule has 0 bridgehead atoms. The fourth-order valence-corrected chi connectivity index (χ4v) is 7.59. The number of carbonyl (C=O) groups excluding carboxylic acids is 2. The molecular weight excluding hydrogens is 537 g/mol. The van der Waals surface area contributed by atoms with Gasteiger partial charge in [0.15, 0.2) is 9.50 Å². The summed E-state index contributed by atoms with van der Waals surface area (Å²) in [6.07, 6.45) is 5.90. The van der Waals surface area contributed by atoms with Crippen LogP contribution in [-0.4, -0.2) is 47.1 Å². The van der Waals surface area contributed by atoms with E-state index >= 15 is 0 Å². The molecule has 5 aromatic rings. The average molecular weight is 563 g/mol. The summed E-state index contributed by atoms with van der Waals surface area (Å²) in [5, 5.41) is 12.4. The van der Waals surface area contributed by atoms with E-state index in [4.69, 9.17) is 4.98 Å². The van der Waals surface area contributed by atoms with Crippen LogP contribution < -0.4 is 5.32 Å². The zero-order chi connectivity index (χ0) is 26.2. The number of rotatable bonds is 7. The van der Waals surface area contributed by atoms with Crippen molar-refractivity contribution in [1.82, 2.24) is 24.3 Å². The van der Waals surface area contributed by atoms with Crippen molar-refractivity contribution in [1.29, 1.82) is 0 Å². The summed E-state index contributed by atoms with van der Waals surface area (Å²) in [5.74, 6) is 0.311. The SMILES string of the molecule is C[C@@H](Sc1nncn1C)C(=O)Nc1ccc2nc(SCC(=O)n3c4c(c5ccccc53)CCCC4)sc2c1. The lowest BCUT2D eigenvalue weighted by Gasteiger charge is -2.14. The number of aromatic nitrogens is 5. The molecule has 2 aromatic carbocycles. The highest BCUT2D eigenvalue weighted by Gasteiger charge is 2.23. The van der Waals surface area contributed by atoms with E-state index in [0.29, 0.717) is 10.9 Å². The highest BCUT2D eigenvalue weighted by molar-refractivity contribution is 8.01. The van der Waals surface area contributed by atoms with Crippen LogP contribution in [-0.2, 0) is 24.7 Å². The molecule has 6 rings (SSSR count). The maximum atomic E-state index is 13.4. The number of thiazole rings is 1. The smallest absolute Gasteiger partial charge is 0.241 e. The number of anilines is 1. The summed E-state index contributed by atoms with van der Waals surface area (Å²) in [6, 6.07) is 13.9. The topological polar surface area (TPSA) is 94.7 Å². The number of aryl methyl sites for hydroxylation is 2. The highest BCUT2D eigenvalue weighted by atomic mass is 32.2. The number of para-hydroxylation sites is 1. The monoisotopic (exact) mass is 562 g/mol. The third kappa shape index (κ3) is 4.85. The summed E-state index contributed by atoms with van der Waals surface area (Å²) >= 11 is 4.37. The molecule has 1 amide bonds. The molecule has 8 nitrogen and oxygen atoms in total. The van der Waals surface area contributed by atoms with E-state index in [9.17, 15) is 9.59 Å². The van der Waals surface area contributed by atoms with Gasteiger partial charge in [-0.1, -0.05) is 41.7 Å². The van der Waals surface area contributed by atoms with Crippen molar-refractivity contribution in [3.8, 4) is 0 Å². The normalized spacial score (nSPS) is 14.1. The first-order valence-corrected chi connectivity index (χ1v) is 15.2.